The maximum atomic E-state index is 14.7. The van der Waals surface area contributed by atoms with Crippen LogP contribution in [-0.4, -0.2) is 0 Å². The van der Waals surface area contributed by atoms with Crippen LogP contribution in [0.3, 0.4) is 0 Å². The third kappa shape index (κ3) is 6.46. The van der Waals surface area contributed by atoms with Crippen molar-refractivity contribution in [1.82, 2.24) is 0 Å². The molecule has 0 saturated heterocycles. The third-order valence-corrected chi connectivity index (χ3v) is 6.29. The molecule has 1 heteroatoms. The first-order valence-corrected chi connectivity index (χ1v) is 11.6. The summed E-state index contributed by atoms with van der Waals surface area (Å²) in [5.41, 5.74) is 3.71. The zero-order chi connectivity index (χ0) is 20.5. The number of benzene rings is 2. The van der Waals surface area contributed by atoms with Gasteiger partial charge >= 0.3 is 0 Å². The molecule has 0 spiro atoms. The van der Waals surface area contributed by atoms with Gasteiger partial charge in [-0.1, -0.05) is 81.7 Å². The lowest BCUT2D eigenvalue weighted by Crippen LogP contribution is -2.13. The molecule has 2 aromatic rings. The Morgan fingerprint density at radius 3 is 2.28 bits per heavy atom. The first kappa shape index (κ1) is 21.6. The lowest BCUT2D eigenvalue weighted by atomic mass is 9.80. The fraction of sp³-hybridized carbons (Fsp3) is 0.500. The minimum atomic E-state index is -0.179. The number of unbranched alkanes of at least 4 members (excludes halogenated alkanes) is 2. The van der Waals surface area contributed by atoms with Crippen molar-refractivity contribution in [3.8, 4) is 23.0 Å². The molecule has 2 aromatic carbocycles. The lowest BCUT2D eigenvalue weighted by Gasteiger charge is -2.25. The third-order valence-electron chi connectivity index (χ3n) is 6.29. The lowest BCUT2D eigenvalue weighted by molar-refractivity contribution is 0.296. The van der Waals surface area contributed by atoms with E-state index in [-0.39, 0.29) is 5.82 Å². The molecule has 0 radical (unpaired) electrons. The van der Waals surface area contributed by atoms with Gasteiger partial charge in [0, 0.05) is 17.0 Å². The smallest absolute Gasteiger partial charge is 0.132 e. The number of hydrogen-bond donors (Lipinski definition) is 0. The second-order valence-corrected chi connectivity index (χ2v) is 8.62. The van der Waals surface area contributed by atoms with Crippen molar-refractivity contribution >= 4 is 0 Å². The van der Waals surface area contributed by atoms with Gasteiger partial charge in [-0.15, -0.1) is 0 Å². The van der Waals surface area contributed by atoms with Gasteiger partial charge in [-0.25, -0.2) is 4.39 Å². The molecule has 0 atom stereocenters. The van der Waals surface area contributed by atoms with E-state index in [2.05, 4.69) is 37.8 Å². The highest BCUT2D eigenvalue weighted by Crippen LogP contribution is 2.31. The predicted octanol–water partition coefficient (Wildman–Crippen LogP) is 8.18. The molecule has 1 saturated carbocycles. The van der Waals surface area contributed by atoms with Crippen LogP contribution >= 0.6 is 0 Å². The van der Waals surface area contributed by atoms with Crippen molar-refractivity contribution in [2.24, 2.45) is 11.8 Å². The molecular formula is C28H35F. The van der Waals surface area contributed by atoms with Gasteiger partial charge in [-0.2, -0.15) is 0 Å². The Labute approximate surface area is 176 Å². The van der Waals surface area contributed by atoms with E-state index >= 15 is 0 Å². The van der Waals surface area contributed by atoms with Gasteiger partial charge in [0.25, 0.3) is 0 Å². The summed E-state index contributed by atoms with van der Waals surface area (Å²) in [6, 6.07) is 13.7. The van der Waals surface area contributed by atoms with Crippen molar-refractivity contribution < 1.29 is 4.39 Å². The molecule has 1 fully saturated rings. The fourth-order valence-corrected chi connectivity index (χ4v) is 4.33. The van der Waals surface area contributed by atoms with Crippen LogP contribution in [0.2, 0.25) is 0 Å². The van der Waals surface area contributed by atoms with Crippen molar-refractivity contribution in [2.45, 2.75) is 78.1 Å². The highest BCUT2D eigenvalue weighted by molar-refractivity contribution is 5.65. The molecule has 0 bridgehead atoms. The van der Waals surface area contributed by atoms with Crippen molar-refractivity contribution in [3.05, 3.63) is 59.4 Å². The first-order valence-electron chi connectivity index (χ1n) is 11.6. The summed E-state index contributed by atoms with van der Waals surface area (Å²) in [6.07, 6.45) is 12.5. The Morgan fingerprint density at radius 1 is 0.897 bits per heavy atom. The van der Waals surface area contributed by atoms with E-state index in [1.54, 1.807) is 6.07 Å². The van der Waals surface area contributed by atoms with Gasteiger partial charge in [0.1, 0.15) is 5.82 Å². The molecule has 3 rings (SSSR count). The molecular weight excluding hydrogens is 355 g/mol. The van der Waals surface area contributed by atoms with E-state index in [0.717, 1.165) is 23.5 Å². The molecule has 1 aliphatic carbocycles. The highest BCUT2D eigenvalue weighted by Gasteiger charge is 2.19. The van der Waals surface area contributed by atoms with Crippen LogP contribution in [0.1, 0.15) is 82.8 Å². The fourth-order valence-electron chi connectivity index (χ4n) is 4.33. The summed E-state index contributed by atoms with van der Waals surface area (Å²) in [6.45, 7) is 4.47. The summed E-state index contributed by atoms with van der Waals surface area (Å²) in [4.78, 5) is 0. The molecule has 0 N–H and O–H groups in total. The van der Waals surface area contributed by atoms with E-state index in [1.165, 1.54) is 63.4 Å². The zero-order valence-electron chi connectivity index (χ0n) is 18.1. The Morgan fingerprint density at radius 2 is 1.62 bits per heavy atom. The second-order valence-electron chi connectivity index (χ2n) is 8.62. The average Bonchev–Trinajstić information content (AvgIpc) is 2.76. The van der Waals surface area contributed by atoms with Crippen LogP contribution in [0, 0.1) is 29.5 Å². The van der Waals surface area contributed by atoms with Crippen LogP contribution < -0.4 is 0 Å². The van der Waals surface area contributed by atoms with Gasteiger partial charge in [0.15, 0.2) is 0 Å². The molecule has 0 aromatic heterocycles. The van der Waals surface area contributed by atoms with E-state index in [9.17, 15) is 4.39 Å². The summed E-state index contributed by atoms with van der Waals surface area (Å²) in [5.74, 6) is 7.85. The SMILES string of the molecule is CCCCc1ccc(-c2ccc(C#CC3CCC(CCCC)CC3)cc2F)cc1. The van der Waals surface area contributed by atoms with Crippen LogP contribution in [-0.2, 0) is 6.42 Å². The monoisotopic (exact) mass is 390 g/mol. The van der Waals surface area contributed by atoms with E-state index in [4.69, 9.17) is 0 Å². The molecule has 154 valence electrons. The van der Waals surface area contributed by atoms with Gasteiger partial charge in [-0.3, -0.25) is 0 Å². The van der Waals surface area contributed by atoms with Gasteiger partial charge in [-0.05, 0) is 67.7 Å². The molecule has 29 heavy (non-hydrogen) atoms. The molecule has 0 unspecified atom stereocenters. The number of hydrogen-bond acceptors (Lipinski definition) is 0. The minimum absolute atomic E-state index is 0.179. The number of rotatable bonds is 7. The van der Waals surface area contributed by atoms with Gasteiger partial charge in [0.05, 0.1) is 0 Å². The molecule has 1 aliphatic rings. The average molecular weight is 391 g/mol. The quantitative estimate of drug-likeness (QED) is 0.418. The summed E-state index contributed by atoms with van der Waals surface area (Å²) in [5, 5.41) is 0. The topological polar surface area (TPSA) is 0 Å². The maximum Gasteiger partial charge on any atom is 0.132 e. The maximum absolute atomic E-state index is 14.7. The van der Waals surface area contributed by atoms with Crippen LogP contribution in [0.15, 0.2) is 42.5 Å². The number of aryl methyl sites for hydroxylation is 1. The van der Waals surface area contributed by atoms with Crippen LogP contribution in [0.25, 0.3) is 11.1 Å². The van der Waals surface area contributed by atoms with E-state index < -0.39 is 0 Å². The Bertz CT molecular complexity index is 814. The first-order chi connectivity index (χ1) is 14.2. The molecule has 0 amide bonds. The highest BCUT2D eigenvalue weighted by atomic mass is 19.1. The normalized spacial score (nSPS) is 18.9. The van der Waals surface area contributed by atoms with E-state index in [1.807, 2.05) is 24.3 Å². The van der Waals surface area contributed by atoms with Gasteiger partial charge in [0.2, 0.25) is 0 Å². The summed E-state index contributed by atoms with van der Waals surface area (Å²) < 4.78 is 14.7. The minimum Gasteiger partial charge on any atom is -0.206 e. The summed E-state index contributed by atoms with van der Waals surface area (Å²) in [7, 11) is 0. The second kappa shape index (κ2) is 11.2. The van der Waals surface area contributed by atoms with Crippen LogP contribution in [0.4, 0.5) is 4.39 Å². The Balaban J connectivity index is 1.60. The zero-order valence-corrected chi connectivity index (χ0v) is 18.1. The standard InChI is InChI=1S/C28H35F/c1-3-5-7-22-9-11-24(12-10-22)13-14-25-17-20-27(28(29)21-25)26-18-15-23(16-19-26)8-6-4-2/h15-22,24H,3-12H2,1-2H3. The van der Waals surface area contributed by atoms with Crippen LogP contribution in [0.5, 0.6) is 0 Å². The van der Waals surface area contributed by atoms with Gasteiger partial charge < -0.3 is 0 Å². The largest absolute Gasteiger partial charge is 0.206 e. The number of halogens is 1. The van der Waals surface area contributed by atoms with E-state index in [0.29, 0.717) is 11.5 Å². The molecule has 0 aliphatic heterocycles. The van der Waals surface area contributed by atoms with Crippen molar-refractivity contribution in [2.75, 3.05) is 0 Å². The molecule has 0 heterocycles. The Hall–Kier alpha value is -2.07. The van der Waals surface area contributed by atoms with Crippen molar-refractivity contribution in [1.29, 1.82) is 0 Å². The predicted molar refractivity (Wildman–Crippen MR) is 122 cm³/mol. The molecule has 0 nitrogen and oxygen atoms in total. The van der Waals surface area contributed by atoms with Crippen molar-refractivity contribution in [3.63, 3.8) is 0 Å². The summed E-state index contributed by atoms with van der Waals surface area (Å²) >= 11 is 0. The Kier molecular flexibility index (Phi) is 8.36.